The molecule has 4 rings (SSSR count). The van der Waals surface area contributed by atoms with E-state index in [1.54, 1.807) is 53.5 Å². The maximum absolute atomic E-state index is 13.0. The van der Waals surface area contributed by atoms with Crippen molar-refractivity contribution in [2.24, 2.45) is 7.05 Å². The topological polar surface area (TPSA) is 86.9 Å². The fourth-order valence-corrected chi connectivity index (χ4v) is 3.16. The summed E-state index contributed by atoms with van der Waals surface area (Å²) in [5.41, 5.74) is 3.14. The highest BCUT2D eigenvalue weighted by atomic mass is 16.5. The Kier molecular flexibility index (Phi) is 4.82. The van der Waals surface area contributed by atoms with Gasteiger partial charge in [0.15, 0.2) is 0 Å². The summed E-state index contributed by atoms with van der Waals surface area (Å²) in [7, 11) is 1.82. The minimum absolute atomic E-state index is 0.253. The minimum Gasteiger partial charge on any atom is -0.437 e. The molecule has 0 atom stereocenters. The number of carbonyl (C=O) groups excluding carboxylic acids is 1. The molecular formula is C21H20N6O2. The van der Waals surface area contributed by atoms with Crippen LogP contribution in [0.5, 0.6) is 11.6 Å². The van der Waals surface area contributed by atoms with E-state index >= 15 is 0 Å². The van der Waals surface area contributed by atoms with E-state index in [0.29, 0.717) is 22.9 Å². The number of nitrogens with one attached hydrogen (secondary N) is 1. The Morgan fingerprint density at radius 2 is 1.86 bits per heavy atom. The molecule has 0 radical (unpaired) electrons. The number of benzene rings is 1. The van der Waals surface area contributed by atoms with Crippen LogP contribution in [0.1, 0.15) is 21.7 Å². The molecule has 0 saturated carbocycles. The monoisotopic (exact) mass is 388 g/mol. The summed E-state index contributed by atoms with van der Waals surface area (Å²) in [6, 6.07) is 14.6. The molecule has 0 spiro atoms. The summed E-state index contributed by atoms with van der Waals surface area (Å²) < 4.78 is 9.39. The summed E-state index contributed by atoms with van der Waals surface area (Å²) in [5.74, 6) is 1.39. The standard InChI is InChI=1S/C21H20N6O2/c1-14-9-10-15(2)27(14)21-18(13-23-26(21)3)20(28)24-16-6-4-7-17(12-16)29-19-8-5-11-22-25-19/h4-13H,1-3H3,(H,24,28). The number of aryl methyl sites for hydroxylation is 3. The van der Waals surface area contributed by atoms with Crippen molar-refractivity contribution in [1.29, 1.82) is 0 Å². The molecule has 0 saturated heterocycles. The first kappa shape index (κ1) is 18.4. The normalized spacial score (nSPS) is 10.7. The van der Waals surface area contributed by atoms with Crippen LogP contribution in [0.4, 0.5) is 5.69 Å². The molecule has 0 fully saturated rings. The molecule has 0 aliphatic heterocycles. The van der Waals surface area contributed by atoms with Gasteiger partial charge >= 0.3 is 0 Å². The molecule has 0 unspecified atom stereocenters. The molecule has 0 bridgehead atoms. The Morgan fingerprint density at radius 1 is 1.07 bits per heavy atom. The van der Waals surface area contributed by atoms with Crippen molar-refractivity contribution in [1.82, 2.24) is 24.5 Å². The first-order valence-corrected chi connectivity index (χ1v) is 9.07. The molecule has 4 aromatic rings. The van der Waals surface area contributed by atoms with E-state index in [1.165, 1.54) is 0 Å². The van der Waals surface area contributed by atoms with Gasteiger partial charge in [0.25, 0.3) is 5.91 Å². The second-order valence-corrected chi connectivity index (χ2v) is 6.60. The Labute approximate surface area is 167 Å². The number of anilines is 1. The molecule has 29 heavy (non-hydrogen) atoms. The van der Waals surface area contributed by atoms with E-state index in [-0.39, 0.29) is 5.91 Å². The maximum Gasteiger partial charge on any atom is 0.261 e. The predicted octanol–water partition coefficient (Wildman–Crippen LogP) is 3.66. The van der Waals surface area contributed by atoms with E-state index in [9.17, 15) is 4.79 Å². The molecule has 0 aliphatic rings. The number of aromatic nitrogens is 5. The minimum atomic E-state index is -0.253. The van der Waals surface area contributed by atoms with Gasteiger partial charge < -0.3 is 14.6 Å². The Balaban J connectivity index is 1.59. The molecule has 146 valence electrons. The van der Waals surface area contributed by atoms with E-state index in [1.807, 2.05) is 37.6 Å². The Hall–Kier alpha value is -3.94. The summed E-state index contributed by atoms with van der Waals surface area (Å²) in [5, 5.41) is 14.9. The van der Waals surface area contributed by atoms with Gasteiger partial charge in [-0.25, -0.2) is 0 Å². The lowest BCUT2D eigenvalue weighted by Gasteiger charge is -2.13. The highest BCUT2D eigenvalue weighted by Crippen LogP contribution is 2.24. The number of carbonyl (C=O) groups is 1. The molecule has 3 aromatic heterocycles. The molecule has 3 heterocycles. The third kappa shape index (κ3) is 3.73. The largest absolute Gasteiger partial charge is 0.437 e. The highest BCUT2D eigenvalue weighted by Gasteiger charge is 2.20. The number of hydrogen-bond acceptors (Lipinski definition) is 5. The lowest BCUT2D eigenvalue weighted by Crippen LogP contribution is -2.16. The van der Waals surface area contributed by atoms with Crippen molar-refractivity contribution in [2.75, 3.05) is 5.32 Å². The number of hydrogen-bond donors (Lipinski definition) is 1. The van der Waals surface area contributed by atoms with Gasteiger partial charge in [0.1, 0.15) is 17.1 Å². The van der Waals surface area contributed by atoms with Crippen molar-refractivity contribution >= 4 is 11.6 Å². The van der Waals surface area contributed by atoms with Crippen LogP contribution in [-0.2, 0) is 7.05 Å². The van der Waals surface area contributed by atoms with Gasteiger partial charge in [-0.3, -0.25) is 9.48 Å². The predicted molar refractivity (Wildman–Crippen MR) is 109 cm³/mol. The van der Waals surface area contributed by atoms with Crippen LogP contribution in [0.15, 0.2) is 60.9 Å². The van der Waals surface area contributed by atoms with Crippen LogP contribution >= 0.6 is 0 Å². The summed E-state index contributed by atoms with van der Waals surface area (Å²) >= 11 is 0. The van der Waals surface area contributed by atoms with E-state index in [2.05, 4.69) is 20.6 Å². The molecule has 0 aliphatic carbocycles. The number of rotatable bonds is 5. The summed E-state index contributed by atoms with van der Waals surface area (Å²) in [4.78, 5) is 13.0. The Morgan fingerprint density at radius 3 is 2.59 bits per heavy atom. The lowest BCUT2D eigenvalue weighted by atomic mass is 10.2. The van der Waals surface area contributed by atoms with Crippen LogP contribution in [-0.4, -0.2) is 30.5 Å². The van der Waals surface area contributed by atoms with Crippen LogP contribution < -0.4 is 10.1 Å². The molecule has 8 nitrogen and oxygen atoms in total. The van der Waals surface area contributed by atoms with Crippen molar-refractivity contribution in [3.63, 3.8) is 0 Å². The maximum atomic E-state index is 13.0. The third-order valence-electron chi connectivity index (χ3n) is 4.50. The summed E-state index contributed by atoms with van der Waals surface area (Å²) in [6.07, 6.45) is 3.15. The van der Waals surface area contributed by atoms with Crippen molar-refractivity contribution in [2.45, 2.75) is 13.8 Å². The first-order chi connectivity index (χ1) is 14.0. The zero-order valence-corrected chi connectivity index (χ0v) is 16.3. The highest BCUT2D eigenvalue weighted by molar-refractivity contribution is 6.06. The lowest BCUT2D eigenvalue weighted by molar-refractivity contribution is 0.102. The number of nitrogens with zero attached hydrogens (tertiary/aromatic N) is 5. The zero-order valence-electron chi connectivity index (χ0n) is 16.3. The zero-order chi connectivity index (χ0) is 20.4. The van der Waals surface area contributed by atoms with Gasteiger partial charge in [-0.05, 0) is 44.2 Å². The van der Waals surface area contributed by atoms with Gasteiger partial charge in [-0.1, -0.05) is 6.07 Å². The van der Waals surface area contributed by atoms with Crippen molar-refractivity contribution < 1.29 is 9.53 Å². The average molecular weight is 388 g/mol. The van der Waals surface area contributed by atoms with E-state index in [4.69, 9.17) is 4.74 Å². The smallest absolute Gasteiger partial charge is 0.261 e. The van der Waals surface area contributed by atoms with Crippen molar-refractivity contribution in [3.05, 3.63) is 77.9 Å². The van der Waals surface area contributed by atoms with E-state index < -0.39 is 0 Å². The van der Waals surface area contributed by atoms with Gasteiger partial charge in [0.2, 0.25) is 5.88 Å². The van der Waals surface area contributed by atoms with Gasteiger partial charge in [-0.2, -0.15) is 10.2 Å². The fourth-order valence-electron chi connectivity index (χ4n) is 3.16. The number of ether oxygens (including phenoxy) is 1. The van der Waals surface area contributed by atoms with Gasteiger partial charge in [-0.15, -0.1) is 5.10 Å². The van der Waals surface area contributed by atoms with Gasteiger partial charge in [0.05, 0.1) is 6.20 Å². The van der Waals surface area contributed by atoms with Crippen LogP contribution in [0, 0.1) is 13.8 Å². The Bertz CT molecular complexity index is 1140. The second kappa shape index (κ2) is 7.59. The number of amides is 1. The molecule has 1 aromatic carbocycles. The molecule has 1 N–H and O–H groups in total. The fraction of sp³-hybridized carbons (Fsp3) is 0.143. The molecule has 1 amide bonds. The van der Waals surface area contributed by atoms with Crippen LogP contribution in [0.25, 0.3) is 5.82 Å². The summed E-state index contributed by atoms with van der Waals surface area (Å²) in [6.45, 7) is 3.99. The third-order valence-corrected chi connectivity index (χ3v) is 4.50. The quantitative estimate of drug-likeness (QED) is 0.564. The van der Waals surface area contributed by atoms with Crippen molar-refractivity contribution in [3.8, 4) is 17.4 Å². The van der Waals surface area contributed by atoms with Crippen LogP contribution in [0.3, 0.4) is 0 Å². The second-order valence-electron chi connectivity index (χ2n) is 6.60. The molecular weight excluding hydrogens is 368 g/mol. The van der Waals surface area contributed by atoms with Gasteiger partial charge in [0, 0.05) is 42.5 Å². The average Bonchev–Trinajstić information content (AvgIpc) is 3.24. The molecule has 8 heteroatoms. The van der Waals surface area contributed by atoms with Crippen LogP contribution in [0.2, 0.25) is 0 Å². The SMILES string of the molecule is Cc1ccc(C)n1-c1c(C(=O)Nc2cccc(Oc3cccnn3)c2)cnn1C. The first-order valence-electron chi connectivity index (χ1n) is 9.07. The van der Waals surface area contributed by atoms with E-state index in [0.717, 1.165) is 17.2 Å².